The van der Waals surface area contributed by atoms with Gasteiger partial charge in [0, 0.05) is 18.0 Å². The van der Waals surface area contributed by atoms with E-state index in [0.717, 1.165) is 12.1 Å². The minimum atomic E-state index is -0.264. The molecule has 0 unspecified atom stereocenters. The second-order valence-electron chi connectivity index (χ2n) is 6.13. The Morgan fingerprint density at radius 1 is 1.48 bits per heavy atom. The molecule has 1 amide bonds. The van der Waals surface area contributed by atoms with Crippen LogP contribution in [0, 0.1) is 0 Å². The summed E-state index contributed by atoms with van der Waals surface area (Å²) in [5, 5.41) is 13.4. The molecule has 0 aliphatic rings. The van der Waals surface area contributed by atoms with Crippen molar-refractivity contribution in [1.82, 2.24) is 19.9 Å². The summed E-state index contributed by atoms with van der Waals surface area (Å²) in [5.41, 5.74) is 0.358. The van der Waals surface area contributed by atoms with Gasteiger partial charge in [0.1, 0.15) is 0 Å². The zero-order valence-corrected chi connectivity index (χ0v) is 14.5. The number of hydrogen-bond donors (Lipinski definition) is 2. The number of carbonyl (C=O) groups excluding carboxylic acids is 1. The van der Waals surface area contributed by atoms with E-state index in [2.05, 4.69) is 20.7 Å². The number of anilines is 1. The van der Waals surface area contributed by atoms with Crippen LogP contribution in [0.4, 0.5) is 5.88 Å². The van der Waals surface area contributed by atoms with Gasteiger partial charge in [-0.05, 0) is 6.42 Å². The normalized spacial score (nSPS) is 11.7. The Hall–Kier alpha value is -2.03. The molecule has 9 heteroatoms. The van der Waals surface area contributed by atoms with Crippen LogP contribution >= 0.6 is 11.8 Å². The number of aromatic nitrogens is 4. The highest BCUT2D eigenvalue weighted by molar-refractivity contribution is 7.99. The molecule has 0 bridgehead atoms. The number of H-pyrrole nitrogens is 1. The third-order valence-electron chi connectivity index (χ3n) is 3.04. The zero-order valence-electron chi connectivity index (χ0n) is 13.7. The lowest BCUT2D eigenvalue weighted by molar-refractivity contribution is -0.113. The molecule has 0 atom stereocenters. The van der Waals surface area contributed by atoms with Crippen LogP contribution in [0.3, 0.4) is 0 Å². The summed E-state index contributed by atoms with van der Waals surface area (Å²) >= 11 is 1.19. The van der Waals surface area contributed by atoms with Gasteiger partial charge in [-0.15, -0.1) is 5.10 Å². The summed E-state index contributed by atoms with van der Waals surface area (Å²) < 4.78 is 6.63. The zero-order chi connectivity index (χ0) is 17.0. The molecule has 0 aromatic carbocycles. The third-order valence-corrected chi connectivity index (χ3v) is 4.02. The minimum Gasteiger partial charge on any atom is -0.338 e. The van der Waals surface area contributed by atoms with Crippen molar-refractivity contribution in [2.24, 2.45) is 0 Å². The van der Waals surface area contributed by atoms with Crippen LogP contribution in [0.2, 0.25) is 0 Å². The van der Waals surface area contributed by atoms with E-state index in [-0.39, 0.29) is 22.8 Å². The Kier molecular flexibility index (Phi) is 5.30. The van der Waals surface area contributed by atoms with Crippen LogP contribution in [0.25, 0.3) is 0 Å². The average Bonchev–Trinajstić information content (AvgIpc) is 3.05. The van der Waals surface area contributed by atoms with Gasteiger partial charge >= 0.3 is 5.69 Å². The van der Waals surface area contributed by atoms with Crippen LogP contribution in [-0.4, -0.2) is 31.6 Å². The number of thioether (sulfide) groups is 1. The Balaban J connectivity index is 1.93. The highest BCUT2D eigenvalue weighted by Crippen LogP contribution is 2.23. The lowest BCUT2D eigenvalue weighted by atomic mass is 9.92. The van der Waals surface area contributed by atoms with E-state index in [0.29, 0.717) is 17.6 Å². The van der Waals surface area contributed by atoms with Crippen molar-refractivity contribution in [2.45, 2.75) is 51.2 Å². The van der Waals surface area contributed by atoms with Gasteiger partial charge in [0.25, 0.3) is 0 Å². The molecule has 0 aliphatic heterocycles. The smallest absolute Gasteiger partial charge is 0.338 e. The molecule has 0 fully saturated rings. The molecule has 126 valence electrons. The van der Waals surface area contributed by atoms with Crippen molar-refractivity contribution in [3.8, 4) is 0 Å². The van der Waals surface area contributed by atoms with Crippen molar-refractivity contribution in [2.75, 3.05) is 11.1 Å². The fourth-order valence-electron chi connectivity index (χ4n) is 1.83. The molecular formula is C14H21N5O3S. The van der Waals surface area contributed by atoms with Crippen LogP contribution < -0.4 is 11.0 Å². The summed E-state index contributed by atoms with van der Waals surface area (Å²) in [4.78, 5) is 23.5. The van der Waals surface area contributed by atoms with E-state index in [1.807, 2.05) is 27.7 Å². The topological polar surface area (TPSA) is 106 Å². The van der Waals surface area contributed by atoms with Crippen molar-refractivity contribution in [3.63, 3.8) is 0 Å². The third kappa shape index (κ3) is 4.47. The van der Waals surface area contributed by atoms with E-state index < -0.39 is 0 Å². The maximum absolute atomic E-state index is 12.0. The maximum Gasteiger partial charge on any atom is 0.343 e. The van der Waals surface area contributed by atoms with Gasteiger partial charge in [-0.1, -0.05) is 44.6 Å². The second-order valence-corrected chi connectivity index (χ2v) is 7.07. The van der Waals surface area contributed by atoms with Crippen molar-refractivity contribution < 1.29 is 9.32 Å². The lowest BCUT2D eigenvalue weighted by Crippen LogP contribution is -2.18. The average molecular weight is 339 g/mol. The van der Waals surface area contributed by atoms with Crippen LogP contribution in [0.5, 0.6) is 0 Å². The summed E-state index contributed by atoms with van der Waals surface area (Å²) in [5.74, 6) is 0.193. The molecule has 8 nitrogen and oxygen atoms in total. The largest absolute Gasteiger partial charge is 0.343 e. The Labute approximate surface area is 138 Å². The van der Waals surface area contributed by atoms with Gasteiger partial charge < -0.3 is 4.52 Å². The first kappa shape index (κ1) is 17.3. The molecule has 0 radical (unpaired) electrons. The molecule has 0 saturated heterocycles. The van der Waals surface area contributed by atoms with Gasteiger partial charge in [0.15, 0.2) is 5.16 Å². The summed E-state index contributed by atoms with van der Waals surface area (Å²) in [6.45, 7) is 8.57. The van der Waals surface area contributed by atoms with Gasteiger partial charge in [0.05, 0.1) is 11.4 Å². The molecule has 2 heterocycles. The Morgan fingerprint density at radius 3 is 2.83 bits per heavy atom. The number of rotatable bonds is 6. The van der Waals surface area contributed by atoms with E-state index in [1.165, 1.54) is 16.3 Å². The molecule has 2 aromatic heterocycles. The second kappa shape index (κ2) is 7.03. The van der Waals surface area contributed by atoms with E-state index in [1.54, 1.807) is 6.07 Å². The van der Waals surface area contributed by atoms with Crippen LogP contribution in [0.1, 0.15) is 39.8 Å². The molecule has 0 aliphatic carbocycles. The number of aromatic amines is 1. The fourth-order valence-corrected chi connectivity index (χ4v) is 2.60. The van der Waals surface area contributed by atoms with Crippen molar-refractivity contribution in [3.05, 3.63) is 22.2 Å². The molecule has 2 aromatic rings. The van der Waals surface area contributed by atoms with Crippen LogP contribution in [-0.2, 0) is 16.8 Å². The quantitative estimate of drug-likeness (QED) is 0.780. The molecule has 0 spiro atoms. The number of carbonyl (C=O) groups is 1. The van der Waals surface area contributed by atoms with Crippen molar-refractivity contribution >= 4 is 23.6 Å². The Morgan fingerprint density at radius 2 is 2.22 bits per heavy atom. The lowest BCUT2D eigenvalue weighted by Gasteiger charge is -2.12. The summed E-state index contributed by atoms with van der Waals surface area (Å²) in [6, 6.07) is 1.71. The highest BCUT2D eigenvalue weighted by atomic mass is 32.2. The minimum absolute atomic E-state index is 0.125. The number of hydrogen-bond acceptors (Lipinski definition) is 6. The number of amides is 1. The van der Waals surface area contributed by atoms with Crippen molar-refractivity contribution in [1.29, 1.82) is 0 Å². The fraction of sp³-hybridized carbons (Fsp3) is 0.571. The first-order valence-corrected chi connectivity index (χ1v) is 8.35. The monoisotopic (exact) mass is 339 g/mol. The van der Waals surface area contributed by atoms with Gasteiger partial charge in [-0.25, -0.2) is 9.89 Å². The highest BCUT2D eigenvalue weighted by Gasteiger charge is 2.20. The number of nitrogens with one attached hydrogen (secondary N) is 2. The summed E-state index contributed by atoms with van der Waals surface area (Å²) in [7, 11) is 0. The molecule has 0 saturated carbocycles. The standard InChI is InChI=1S/C14H21N5O3S/c1-5-6-19-12(21)16-17-13(19)23-8-10(20)15-11-7-9(18-22-11)14(2,3)4/h7H,5-6,8H2,1-4H3,(H,15,20)(H,16,21). The Bertz CT molecular complexity index is 725. The maximum atomic E-state index is 12.0. The van der Waals surface area contributed by atoms with Crippen LogP contribution in [0.15, 0.2) is 20.5 Å². The van der Waals surface area contributed by atoms with E-state index >= 15 is 0 Å². The summed E-state index contributed by atoms with van der Waals surface area (Å²) in [6.07, 6.45) is 0.812. The van der Waals surface area contributed by atoms with Gasteiger partial charge in [0.2, 0.25) is 11.8 Å². The molecule has 2 N–H and O–H groups in total. The molecule has 2 rings (SSSR count). The predicted molar refractivity (Wildman–Crippen MR) is 87.7 cm³/mol. The molecular weight excluding hydrogens is 318 g/mol. The van der Waals surface area contributed by atoms with E-state index in [4.69, 9.17) is 4.52 Å². The molecule has 23 heavy (non-hydrogen) atoms. The predicted octanol–water partition coefficient (Wildman–Crippen LogP) is 2.00. The SMILES string of the molecule is CCCn1c(SCC(=O)Nc2cc(C(C)(C)C)no2)n[nH]c1=O. The first-order valence-electron chi connectivity index (χ1n) is 7.36. The first-order chi connectivity index (χ1) is 10.8. The van der Waals surface area contributed by atoms with Gasteiger partial charge in [-0.2, -0.15) is 0 Å². The van der Waals surface area contributed by atoms with E-state index in [9.17, 15) is 9.59 Å². The number of nitrogens with zero attached hydrogens (tertiary/aromatic N) is 3. The van der Waals surface area contributed by atoms with Gasteiger partial charge in [-0.3, -0.25) is 14.7 Å².